The van der Waals surface area contributed by atoms with Crippen molar-refractivity contribution in [1.29, 1.82) is 0 Å². The van der Waals surface area contributed by atoms with E-state index in [0.29, 0.717) is 30.2 Å². The summed E-state index contributed by atoms with van der Waals surface area (Å²) in [6, 6.07) is 4.59. The predicted molar refractivity (Wildman–Crippen MR) is 82.9 cm³/mol. The summed E-state index contributed by atoms with van der Waals surface area (Å²) >= 11 is 5.55. The van der Waals surface area contributed by atoms with Crippen molar-refractivity contribution in [2.45, 2.75) is 45.4 Å². The van der Waals surface area contributed by atoms with Gasteiger partial charge in [0.15, 0.2) is 0 Å². The number of halogens is 2. The maximum Gasteiger partial charge on any atom is 0.128 e. The second-order valence-electron chi connectivity index (χ2n) is 4.68. The van der Waals surface area contributed by atoms with Crippen molar-refractivity contribution in [3.05, 3.63) is 29.6 Å². The fourth-order valence-corrected chi connectivity index (χ4v) is 1.92. The number of unbranched alkanes of at least 4 members (excludes halogenated alkanes) is 4. The first-order valence-corrected chi connectivity index (χ1v) is 7.78. The second kappa shape index (κ2) is 10.6. The van der Waals surface area contributed by atoms with Crippen LogP contribution in [0.1, 0.15) is 51.0 Å². The molecule has 1 nitrogen and oxygen atoms in total. The van der Waals surface area contributed by atoms with E-state index < -0.39 is 0 Å². The molecular formula is C17H22ClFO. The molecule has 3 heteroatoms. The van der Waals surface area contributed by atoms with Crippen molar-refractivity contribution in [3.63, 3.8) is 0 Å². The van der Waals surface area contributed by atoms with Crippen molar-refractivity contribution in [1.82, 2.24) is 0 Å². The Kier molecular flexibility index (Phi) is 8.91. The summed E-state index contributed by atoms with van der Waals surface area (Å²) in [5.41, 5.74) is 0.635. The Morgan fingerprint density at radius 3 is 2.70 bits per heavy atom. The van der Waals surface area contributed by atoms with Gasteiger partial charge in [0.2, 0.25) is 0 Å². The molecule has 0 aliphatic heterocycles. The summed E-state index contributed by atoms with van der Waals surface area (Å²) in [4.78, 5) is 0. The molecule has 0 bridgehead atoms. The molecule has 1 aromatic rings. The number of hydrogen-bond donors (Lipinski definition) is 0. The lowest BCUT2D eigenvalue weighted by Gasteiger charge is -2.06. The SMILES string of the molecule is CCCCCCCOc1cc(F)cc(C#CCCCl)c1. The molecule has 0 amide bonds. The van der Waals surface area contributed by atoms with E-state index in [9.17, 15) is 4.39 Å². The zero-order chi connectivity index (χ0) is 14.6. The van der Waals surface area contributed by atoms with E-state index in [2.05, 4.69) is 18.8 Å². The first kappa shape index (κ1) is 16.9. The van der Waals surface area contributed by atoms with Gasteiger partial charge in [-0.15, -0.1) is 11.6 Å². The van der Waals surface area contributed by atoms with Crippen molar-refractivity contribution in [2.75, 3.05) is 12.5 Å². The molecule has 0 spiro atoms. The number of alkyl halides is 1. The van der Waals surface area contributed by atoms with E-state index >= 15 is 0 Å². The highest BCUT2D eigenvalue weighted by molar-refractivity contribution is 6.18. The molecule has 0 atom stereocenters. The van der Waals surface area contributed by atoms with Crippen molar-refractivity contribution < 1.29 is 9.13 Å². The van der Waals surface area contributed by atoms with E-state index in [1.807, 2.05) is 0 Å². The molecule has 0 unspecified atom stereocenters. The first-order chi connectivity index (χ1) is 9.76. The average Bonchev–Trinajstić information content (AvgIpc) is 2.42. The molecule has 0 aliphatic rings. The lowest BCUT2D eigenvalue weighted by Crippen LogP contribution is -1.98. The van der Waals surface area contributed by atoms with Gasteiger partial charge >= 0.3 is 0 Å². The van der Waals surface area contributed by atoms with E-state index in [0.717, 1.165) is 12.8 Å². The number of ether oxygens (including phenoxy) is 1. The Balaban J connectivity index is 2.43. The molecule has 0 saturated heterocycles. The van der Waals surface area contributed by atoms with E-state index in [1.54, 1.807) is 6.07 Å². The molecule has 20 heavy (non-hydrogen) atoms. The van der Waals surface area contributed by atoms with Crippen LogP contribution in [0.15, 0.2) is 18.2 Å². The second-order valence-corrected chi connectivity index (χ2v) is 5.06. The topological polar surface area (TPSA) is 9.23 Å². The Labute approximate surface area is 126 Å². The van der Waals surface area contributed by atoms with Crippen LogP contribution in [-0.2, 0) is 0 Å². The van der Waals surface area contributed by atoms with Gasteiger partial charge < -0.3 is 4.74 Å². The van der Waals surface area contributed by atoms with Crippen LogP contribution in [0.2, 0.25) is 0 Å². The van der Waals surface area contributed by atoms with Gasteiger partial charge in [0.25, 0.3) is 0 Å². The zero-order valence-electron chi connectivity index (χ0n) is 12.1. The van der Waals surface area contributed by atoms with E-state index in [1.165, 1.54) is 31.4 Å². The summed E-state index contributed by atoms with van der Waals surface area (Å²) in [5.74, 6) is 6.51. The fourth-order valence-electron chi connectivity index (χ4n) is 1.83. The minimum Gasteiger partial charge on any atom is -0.493 e. The Morgan fingerprint density at radius 1 is 1.15 bits per heavy atom. The summed E-state index contributed by atoms with van der Waals surface area (Å²) in [6.07, 6.45) is 6.49. The third-order valence-electron chi connectivity index (χ3n) is 2.84. The van der Waals surface area contributed by atoms with Gasteiger partial charge in [-0.2, -0.15) is 0 Å². The van der Waals surface area contributed by atoms with Crippen LogP contribution in [0.25, 0.3) is 0 Å². The van der Waals surface area contributed by atoms with Gasteiger partial charge in [-0.25, -0.2) is 4.39 Å². The highest BCUT2D eigenvalue weighted by Crippen LogP contribution is 2.16. The lowest BCUT2D eigenvalue weighted by molar-refractivity contribution is 0.303. The molecule has 0 saturated carbocycles. The van der Waals surface area contributed by atoms with Crippen LogP contribution in [0.5, 0.6) is 5.75 Å². The summed E-state index contributed by atoms with van der Waals surface area (Å²) in [7, 11) is 0. The van der Waals surface area contributed by atoms with Crippen molar-refractivity contribution in [2.24, 2.45) is 0 Å². The standard InChI is InChI=1S/C17H22ClFO/c1-2-3-4-5-8-11-20-17-13-15(9-6-7-10-18)12-16(19)14-17/h12-14H,2-5,7-8,10-11H2,1H3. The highest BCUT2D eigenvalue weighted by Gasteiger charge is 2.00. The monoisotopic (exact) mass is 296 g/mol. The Bertz CT molecular complexity index is 448. The van der Waals surface area contributed by atoms with Gasteiger partial charge in [-0.05, 0) is 18.6 Å². The molecule has 0 aromatic heterocycles. The molecule has 1 rings (SSSR count). The van der Waals surface area contributed by atoms with Gasteiger partial charge in [-0.3, -0.25) is 0 Å². The maximum absolute atomic E-state index is 13.4. The largest absolute Gasteiger partial charge is 0.493 e. The molecule has 0 fully saturated rings. The Hall–Kier alpha value is -1.20. The lowest BCUT2D eigenvalue weighted by atomic mass is 10.2. The normalized spacial score (nSPS) is 9.95. The van der Waals surface area contributed by atoms with Crippen molar-refractivity contribution >= 4 is 11.6 Å². The molecule has 110 valence electrons. The summed E-state index contributed by atoms with van der Waals surface area (Å²) < 4.78 is 19.0. The number of hydrogen-bond acceptors (Lipinski definition) is 1. The fraction of sp³-hybridized carbons (Fsp3) is 0.529. The first-order valence-electron chi connectivity index (χ1n) is 7.24. The number of benzene rings is 1. The van der Waals surface area contributed by atoms with Crippen LogP contribution < -0.4 is 4.74 Å². The number of rotatable bonds is 8. The third-order valence-corrected chi connectivity index (χ3v) is 3.03. The smallest absolute Gasteiger partial charge is 0.128 e. The predicted octanol–water partition coefficient (Wildman–Crippen LogP) is 5.16. The van der Waals surface area contributed by atoms with Gasteiger partial charge in [0.05, 0.1) is 6.61 Å². The average molecular weight is 297 g/mol. The summed E-state index contributed by atoms with van der Waals surface area (Å²) in [5, 5.41) is 0. The van der Waals surface area contributed by atoms with Gasteiger partial charge in [0.1, 0.15) is 11.6 Å². The van der Waals surface area contributed by atoms with Gasteiger partial charge in [0, 0.05) is 23.9 Å². The highest BCUT2D eigenvalue weighted by atomic mass is 35.5. The van der Waals surface area contributed by atoms with Crippen molar-refractivity contribution in [3.8, 4) is 17.6 Å². The third kappa shape index (κ3) is 7.40. The van der Waals surface area contributed by atoms with E-state index in [4.69, 9.17) is 16.3 Å². The van der Waals surface area contributed by atoms with E-state index in [-0.39, 0.29) is 5.82 Å². The zero-order valence-corrected chi connectivity index (χ0v) is 12.8. The minimum atomic E-state index is -0.316. The molecule has 0 N–H and O–H groups in total. The molecule has 0 aliphatic carbocycles. The van der Waals surface area contributed by atoms with Crippen LogP contribution in [0.4, 0.5) is 4.39 Å². The van der Waals surface area contributed by atoms with Crippen LogP contribution in [0, 0.1) is 17.7 Å². The minimum absolute atomic E-state index is 0.316. The quantitative estimate of drug-likeness (QED) is 0.366. The molecule has 0 heterocycles. The molecular weight excluding hydrogens is 275 g/mol. The molecule has 1 aromatic carbocycles. The Morgan fingerprint density at radius 2 is 1.95 bits per heavy atom. The van der Waals surface area contributed by atoms with Crippen LogP contribution in [0.3, 0.4) is 0 Å². The van der Waals surface area contributed by atoms with Crippen LogP contribution >= 0.6 is 11.6 Å². The molecule has 0 radical (unpaired) electrons. The van der Waals surface area contributed by atoms with Gasteiger partial charge in [-0.1, -0.05) is 44.4 Å². The van der Waals surface area contributed by atoms with Crippen LogP contribution in [-0.4, -0.2) is 12.5 Å². The summed E-state index contributed by atoms with van der Waals surface area (Å²) in [6.45, 7) is 2.82. The maximum atomic E-state index is 13.4.